The fourth-order valence-corrected chi connectivity index (χ4v) is 3.66. The fraction of sp³-hybridized carbons (Fsp3) is 0.250. The van der Waals surface area contributed by atoms with Crippen molar-refractivity contribution in [3.8, 4) is 5.75 Å². The Balaban J connectivity index is 2.14. The molecule has 0 atom stereocenters. The van der Waals surface area contributed by atoms with Crippen LogP contribution < -0.4 is 10.1 Å². The van der Waals surface area contributed by atoms with Gasteiger partial charge in [0, 0.05) is 38.5 Å². The molecule has 0 spiro atoms. The second-order valence-electron chi connectivity index (χ2n) is 5.65. The average molecular weight is 344 g/mol. The molecule has 0 amide bonds. The highest BCUT2D eigenvalue weighted by molar-refractivity contribution is 6.36. The summed E-state index contributed by atoms with van der Waals surface area (Å²) < 4.78 is 29.2. The number of hydrogen-bond acceptors (Lipinski definition) is 2. The first kappa shape index (κ1) is 15.4. The molecule has 0 unspecified atom stereocenters. The summed E-state index contributed by atoms with van der Waals surface area (Å²) in [5.74, 6) is 0.105. The number of hydrogen-bond donors (Lipinski definition) is 1. The molecule has 0 saturated heterocycles. The first-order chi connectivity index (χ1) is 10.3. The molecule has 2 aromatic rings. The van der Waals surface area contributed by atoms with Crippen molar-refractivity contribution >= 4 is 34.6 Å². The van der Waals surface area contributed by atoms with Gasteiger partial charge in [0.15, 0.2) is 0 Å². The summed E-state index contributed by atoms with van der Waals surface area (Å²) in [5.41, 5.74) is 2.96. The summed E-state index contributed by atoms with van der Waals surface area (Å²) >= 11 is 12.4. The molecule has 0 bridgehead atoms. The Morgan fingerprint density at radius 1 is 1.09 bits per heavy atom. The standard InChI is InChI=1S/C16H13Cl2F2NO/c1-16(2)10-4-3-9(22-15(19)20)7-12(10)21-13-6-8(17)5-11(18)14(13)16/h3-7,15,21H,1-2H3. The quantitative estimate of drug-likeness (QED) is 0.724. The Morgan fingerprint density at radius 3 is 2.50 bits per heavy atom. The van der Waals surface area contributed by atoms with Crippen LogP contribution in [0.1, 0.15) is 25.0 Å². The van der Waals surface area contributed by atoms with E-state index in [1.807, 2.05) is 13.8 Å². The number of nitrogens with one attached hydrogen (secondary N) is 1. The van der Waals surface area contributed by atoms with Gasteiger partial charge in [-0.3, -0.25) is 0 Å². The van der Waals surface area contributed by atoms with E-state index in [0.29, 0.717) is 15.7 Å². The molecule has 0 aliphatic carbocycles. The molecule has 2 nitrogen and oxygen atoms in total. The molecule has 116 valence electrons. The van der Waals surface area contributed by atoms with Crippen molar-refractivity contribution in [1.29, 1.82) is 0 Å². The maximum absolute atomic E-state index is 12.4. The number of ether oxygens (including phenoxy) is 1. The van der Waals surface area contributed by atoms with Gasteiger partial charge in [-0.1, -0.05) is 43.1 Å². The Bertz CT molecular complexity index is 747. The molecule has 0 saturated carbocycles. The zero-order valence-electron chi connectivity index (χ0n) is 11.9. The van der Waals surface area contributed by atoms with Gasteiger partial charge in [0.1, 0.15) is 5.75 Å². The van der Waals surface area contributed by atoms with Crippen molar-refractivity contribution in [1.82, 2.24) is 0 Å². The number of rotatable bonds is 2. The van der Waals surface area contributed by atoms with Gasteiger partial charge in [-0.2, -0.15) is 8.78 Å². The number of benzene rings is 2. The minimum absolute atomic E-state index is 0.105. The van der Waals surface area contributed by atoms with E-state index in [-0.39, 0.29) is 11.2 Å². The van der Waals surface area contributed by atoms with E-state index in [2.05, 4.69) is 10.1 Å². The molecule has 3 rings (SSSR count). The third-order valence-corrected chi connectivity index (χ3v) is 4.36. The normalized spacial score (nSPS) is 15.0. The molecule has 0 radical (unpaired) electrons. The van der Waals surface area contributed by atoms with Crippen LogP contribution in [0.5, 0.6) is 5.75 Å². The van der Waals surface area contributed by atoms with Crippen molar-refractivity contribution in [3.05, 3.63) is 51.5 Å². The van der Waals surface area contributed by atoms with Crippen LogP contribution in [0.3, 0.4) is 0 Å². The second kappa shape index (κ2) is 5.28. The fourth-order valence-electron chi connectivity index (χ4n) is 2.94. The highest BCUT2D eigenvalue weighted by Crippen LogP contribution is 2.49. The first-order valence-electron chi connectivity index (χ1n) is 6.65. The van der Waals surface area contributed by atoms with Crippen LogP contribution in [0, 0.1) is 0 Å². The van der Waals surface area contributed by atoms with E-state index in [4.69, 9.17) is 23.2 Å². The number of anilines is 2. The summed E-state index contributed by atoms with van der Waals surface area (Å²) in [7, 11) is 0. The van der Waals surface area contributed by atoms with Crippen LogP contribution in [0.4, 0.5) is 20.2 Å². The highest BCUT2D eigenvalue weighted by Gasteiger charge is 2.35. The van der Waals surface area contributed by atoms with Crippen LogP contribution in [-0.4, -0.2) is 6.61 Å². The molecular weight excluding hydrogens is 331 g/mol. The lowest BCUT2D eigenvalue weighted by Crippen LogP contribution is -2.26. The van der Waals surface area contributed by atoms with Crippen molar-refractivity contribution in [3.63, 3.8) is 0 Å². The molecule has 2 aromatic carbocycles. The van der Waals surface area contributed by atoms with E-state index in [9.17, 15) is 8.78 Å². The van der Waals surface area contributed by atoms with Gasteiger partial charge in [0.05, 0.1) is 0 Å². The zero-order chi connectivity index (χ0) is 16.1. The van der Waals surface area contributed by atoms with Crippen LogP contribution in [0.15, 0.2) is 30.3 Å². The summed E-state index contributed by atoms with van der Waals surface area (Å²) in [6.45, 7) is 1.20. The molecule has 1 N–H and O–H groups in total. The molecule has 0 aromatic heterocycles. The van der Waals surface area contributed by atoms with Gasteiger partial charge in [0.2, 0.25) is 0 Å². The smallest absolute Gasteiger partial charge is 0.387 e. The zero-order valence-corrected chi connectivity index (χ0v) is 13.4. The molecule has 1 aliphatic rings. The van der Waals surface area contributed by atoms with Gasteiger partial charge in [-0.25, -0.2) is 0 Å². The Morgan fingerprint density at radius 2 is 1.82 bits per heavy atom. The average Bonchev–Trinajstić information content (AvgIpc) is 2.35. The number of halogens is 4. The van der Waals surface area contributed by atoms with Crippen molar-refractivity contribution in [2.45, 2.75) is 25.9 Å². The lowest BCUT2D eigenvalue weighted by Gasteiger charge is -2.36. The Kier molecular flexibility index (Phi) is 3.69. The number of fused-ring (bicyclic) bond motifs is 2. The molecule has 6 heteroatoms. The second-order valence-corrected chi connectivity index (χ2v) is 6.49. The van der Waals surface area contributed by atoms with Gasteiger partial charge in [0.25, 0.3) is 0 Å². The van der Waals surface area contributed by atoms with E-state index < -0.39 is 6.61 Å². The maximum atomic E-state index is 12.4. The van der Waals surface area contributed by atoms with Gasteiger partial charge >= 0.3 is 6.61 Å². The largest absolute Gasteiger partial charge is 0.435 e. The molecular formula is C16H13Cl2F2NO. The Hall–Kier alpha value is -1.52. The predicted octanol–water partition coefficient (Wildman–Crippen LogP) is 5.98. The topological polar surface area (TPSA) is 21.3 Å². The first-order valence-corrected chi connectivity index (χ1v) is 7.40. The van der Waals surface area contributed by atoms with Crippen molar-refractivity contribution < 1.29 is 13.5 Å². The maximum Gasteiger partial charge on any atom is 0.387 e. The van der Waals surface area contributed by atoms with Crippen LogP contribution in [0.2, 0.25) is 10.0 Å². The molecule has 1 heterocycles. The van der Waals surface area contributed by atoms with Crippen LogP contribution in [-0.2, 0) is 5.41 Å². The van der Waals surface area contributed by atoms with Gasteiger partial charge in [-0.15, -0.1) is 0 Å². The van der Waals surface area contributed by atoms with Crippen LogP contribution in [0.25, 0.3) is 0 Å². The summed E-state index contributed by atoms with van der Waals surface area (Å²) in [4.78, 5) is 0. The van der Waals surface area contributed by atoms with E-state index in [0.717, 1.165) is 16.8 Å². The predicted molar refractivity (Wildman–Crippen MR) is 84.9 cm³/mol. The monoisotopic (exact) mass is 343 g/mol. The van der Waals surface area contributed by atoms with Gasteiger partial charge in [-0.05, 0) is 23.8 Å². The summed E-state index contributed by atoms with van der Waals surface area (Å²) in [5, 5.41) is 4.28. The van der Waals surface area contributed by atoms with Crippen molar-refractivity contribution in [2.75, 3.05) is 5.32 Å². The highest BCUT2D eigenvalue weighted by atomic mass is 35.5. The molecule has 22 heavy (non-hydrogen) atoms. The molecule has 1 aliphatic heterocycles. The third kappa shape index (κ3) is 2.50. The SMILES string of the molecule is CC1(C)c2ccc(OC(F)F)cc2Nc2cc(Cl)cc(Cl)c21. The number of alkyl halides is 2. The van der Waals surface area contributed by atoms with E-state index >= 15 is 0 Å². The lowest BCUT2D eigenvalue weighted by atomic mass is 9.74. The van der Waals surface area contributed by atoms with Gasteiger partial charge < -0.3 is 10.1 Å². The lowest BCUT2D eigenvalue weighted by molar-refractivity contribution is -0.0498. The Labute approximate surface area is 137 Å². The van der Waals surface area contributed by atoms with E-state index in [1.165, 1.54) is 6.07 Å². The summed E-state index contributed by atoms with van der Waals surface area (Å²) in [6, 6.07) is 8.33. The minimum atomic E-state index is -2.86. The van der Waals surface area contributed by atoms with Crippen LogP contribution >= 0.6 is 23.2 Å². The third-order valence-electron chi connectivity index (χ3n) is 3.84. The van der Waals surface area contributed by atoms with Crippen molar-refractivity contribution in [2.24, 2.45) is 0 Å². The molecule has 0 fully saturated rings. The minimum Gasteiger partial charge on any atom is -0.435 e. The summed E-state index contributed by atoms with van der Waals surface area (Å²) in [6.07, 6.45) is 0. The van der Waals surface area contributed by atoms with E-state index in [1.54, 1.807) is 24.3 Å².